The number of carbonyl (C=O) groups is 1. The second kappa shape index (κ2) is 8.50. The van der Waals surface area contributed by atoms with Crippen molar-refractivity contribution < 1.29 is 14.6 Å². The van der Waals surface area contributed by atoms with Crippen molar-refractivity contribution >= 4 is 5.97 Å². The van der Waals surface area contributed by atoms with Gasteiger partial charge in [0.05, 0.1) is 13.2 Å². The van der Waals surface area contributed by atoms with Gasteiger partial charge in [0.1, 0.15) is 0 Å². The predicted octanol–water partition coefficient (Wildman–Crippen LogP) is 0.163. The van der Waals surface area contributed by atoms with Crippen LogP contribution in [-0.4, -0.2) is 61.9 Å². The normalized spacial score (nSPS) is 17.5. The molecule has 1 saturated heterocycles. The number of hydrogen-bond acceptors (Lipinski definition) is 4. The second-order valence-corrected chi connectivity index (χ2v) is 4.05. The molecular formula is C11H22N2O3. The van der Waals surface area contributed by atoms with Crippen LogP contribution in [0.4, 0.5) is 0 Å². The Kier molecular flexibility index (Phi) is 7.12. The molecule has 5 nitrogen and oxygen atoms in total. The average molecular weight is 230 g/mol. The summed E-state index contributed by atoms with van der Waals surface area (Å²) in [4.78, 5) is 12.7. The van der Waals surface area contributed by atoms with E-state index >= 15 is 0 Å². The molecule has 1 aliphatic rings. The highest BCUT2D eigenvalue weighted by molar-refractivity contribution is 5.66. The molecule has 0 aliphatic carbocycles. The maximum absolute atomic E-state index is 10.2. The van der Waals surface area contributed by atoms with Gasteiger partial charge in [0.25, 0.3) is 0 Å². The first-order valence-electron chi connectivity index (χ1n) is 6.01. The summed E-state index contributed by atoms with van der Waals surface area (Å²) in [5, 5.41) is 11.7. The van der Waals surface area contributed by atoms with Crippen molar-refractivity contribution in [2.75, 3.05) is 45.9 Å². The van der Waals surface area contributed by atoms with Gasteiger partial charge in [0.2, 0.25) is 0 Å². The van der Waals surface area contributed by atoms with Crippen LogP contribution in [0, 0.1) is 0 Å². The summed E-state index contributed by atoms with van der Waals surface area (Å²) >= 11 is 0. The summed E-state index contributed by atoms with van der Waals surface area (Å²) in [6.45, 7) is 6.66. The Balaban J connectivity index is 1.82. The van der Waals surface area contributed by atoms with Gasteiger partial charge in [-0.1, -0.05) is 0 Å². The fourth-order valence-electron chi connectivity index (χ4n) is 1.74. The highest BCUT2D eigenvalue weighted by atomic mass is 16.5. The smallest absolute Gasteiger partial charge is 0.303 e. The zero-order valence-electron chi connectivity index (χ0n) is 9.78. The van der Waals surface area contributed by atoms with E-state index < -0.39 is 5.97 Å². The molecule has 16 heavy (non-hydrogen) atoms. The molecule has 0 aromatic heterocycles. The van der Waals surface area contributed by atoms with Crippen LogP contribution in [0.2, 0.25) is 0 Å². The largest absolute Gasteiger partial charge is 0.481 e. The maximum Gasteiger partial charge on any atom is 0.303 e. The molecule has 1 rings (SSSR count). The van der Waals surface area contributed by atoms with Gasteiger partial charge in [-0.3, -0.25) is 9.69 Å². The highest BCUT2D eigenvalue weighted by Crippen LogP contribution is 1.97. The fraction of sp³-hybridized carbons (Fsp3) is 0.909. The van der Waals surface area contributed by atoms with Gasteiger partial charge in [-0.25, -0.2) is 0 Å². The van der Waals surface area contributed by atoms with Crippen LogP contribution in [0.3, 0.4) is 0 Å². The third-order valence-electron chi connectivity index (χ3n) is 2.68. The fourth-order valence-corrected chi connectivity index (χ4v) is 1.74. The molecule has 0 spiro atoms. The molecule has 0 radical (unpaired) electrons. The molecule has 2 N–H and O–H groups in total. The Labute approximate surface area is 96.8 Å². The summed E-state index contributed by atoms with van der Waals surface area (Å²) in [7, 11) is 0. The molecule has 1 fully saturated rings. The van der Waals surface area contributed by atoms with Gasteiger partial charge in [-0.05, 0) is 32.5 Å². The third kappa shape index (κ3) is 6.76. The predicted molar refractivity (Wildman–Crippen MR) is 61.6 cm³/mol. The van der Waals surface area contributed by atoms with Crippen molar-refractivity contribution in [3.8, 4) is 0 Å². The minimum absolute atomic E-state index is 0.260. The monoisotopic (exact) mass is 230 g/mol. The first-order valence-corrected chi connectivity index (χ1v) is 6.01. The van der Waals surface area contributed by atoms with E-state index in [0.29, 0.717) is 6.42 Å². The number of nitrogens with one attached hydrogen (secondary N) is 1. The summed E-state index contributed by atoms with van der Waals surface area (Å²) in [5.41, 5.74) is 0. The van der Waals surface area contributed by atoms with Crippen molar-refractivity contribution in [3.05, 3.63) is 0 Å². The van der Waals surface area contributed by atoms with Gasteiger partial charge in [-0.15, -0.1) is 0 Å². The van der Waals surface area contributed by atoms with Crippen molar-refractivity contribution in [1.29, 1.82) is 0 Å². The molecule has 0 saturated carbocycles. The molecule has 5 heteroatoms. The SMILES string of the molecule is O=C(O)CCCNCCCN1CCOCC1. The van der Waals surface area contributed by atoms with E-state index in [0.717, 1.165) is 52.4 Å². The van der Waals surface area contributed by atoms with Crippen molar-refractivity contribution in [2.45, 2.75) is 19.3 Å². The molecule has 0 unspecified atom stereocenters. The van der Waals surface area contributed by atoms with Crippen molar-refractivity contribution in [2.24, 2.45) is 0 Å². The lowest BCUT2D eigenvalue weighted by molar-refractivity contribution is -0.137. The van der Waals surface area contributed by atoms with E-state index in [1.165, 1.54) is 0 Å². The van der Waals surface area contributed by atoms with E-state index in [4.69, 9.17) is 9.84 Å². The molecule has 94 valence electrons. The van der Waals surface area contributed by atoms with Crippen LogP contribution in [0.25, 0.3) is 0 Å². The quantitative estimate of drug-likeness (QED) is 0.582. The summed E-state index contributed by atoms with van der Waals surface area (Å²) < 4.78 is 5.27. The summed E-state index contributed by atoms with van der Waals surface area (Å²) in [5.74, 6) is -0.713. The standard InChI is InChI=1S/C11H22N2O3/c14-11(15)3-1-4-12-5-2-6-13-7-9-16-10-8-13/h12H,1-10H2,(H,14,15). The van der Waals surface area contributed by atoms with Crippen LogP contribution >= 0.6 is 0 Å². The second-order valence-electron chi connectivity index (χ2n) is 4.05. The Morgan fingerprint density at radius 2 is 1.94 bits per heavy atom. The van der Waals surface area contributed by atoms with Gasteiger partial charge in [0, 0.05) is 19.5 Å². The Morgan fingerprint density at radius 3 is 2.62 bits per heavy atom. The van der Waals surface area contributed by atoms with Crippen LogP contribution in [0.5, 0.6) is 0 Å². The molecule has 1 aliphatic heterocycles. The number of hydrogen-bond donors (Lipinski definition) is 2. The number of carboxylic acids is 1. The number of ether oxygens (including phenoxy) is 1. The number of carboxylic acid groups (broad SMARTS) is 1. The van der Waals surface area contributed by atoms with Crippen LogP contribution in [-0.2, 0) is 9.53 Å². The molecule has 1 heterocycles. The van der Waals surface area contributed by atoms with Gasteiger partial charge in [-0.2, -0.15) is 0 Å². The lowest BCUT2D eigenvalue weighted by Gasteiger charge is -2.26. The Hall–Kier alpha value is -0.650. The Bertz CT molecular complexity index is 194. The summed E-state index contributed by atoms with van der Waals surface area (Å²) in [6, 6.07) is 0. The van der Waals surface area contributed by atoms with E-state index in [1.807, 2.05) is 0 Å². The third-order valence-corrected chi connectivity index (χ3v) is 2.68. The first-order chi connectivity index (χ1) is 7.79. The zero-order valence-corrected chi connectivity index (χ0v) is 9.78. The number of nitrogens with zero attached hydrogens (tertiary/aromatic N) is 1. The molecule has 0 aromatic carbocycles. The number of rotatable bonds is 8. The van der Waals surface area contributed by atoms with Gasteiger partial charge < -0.3 is 15.2 Å². The summed E-state index contributed by atoms with van der Waals surface area (Å²) in [6.07, 6.45) is 2.09. The van der Waals surface area contributed by atoms with E-state index in [-0.39, 0.29) is 6.42 Å². The highest BCUT2D eigenvalue weighted by Gasteiger charge is 2.08. The minimum atomic E-state index is -0.713. The molecule has 0 amide bonds. The van der Waals surface area contributed by atoms with Crippen molar-refractivity contribution in [1.82, 2.24) is 10.2 Å². The Morgan fingerprint density at radius 1 is 1.25 bits per heavy atom. The number of aliphatic carboxylic acids is 1. The van der Waals surface area contributed by atoms with Crippen LogP contribution < -0.4 is 5.32 Å². The average Bonchev–Trinajstić information content (AvgIpc) is 2.29. The maximum atomic E-state index is 10.2. The molecular weight excluding hydrogens is 208 g/mol. The number of morpholine rings is 1. The minimum Gasteiger partial charge on any atom is -0.481 e. The molecule has 0 bridgehead atoms. The zero-order chi connectivity index (χ0) is 11.6. The lowest BCUT2D eigenvalue weighted by Crippen LogP contribution is -2.37. The van der Waals surface area contributed by atoms with Crippen LogP contribution in [0.15, 0.2) is 0 Å². The van der Waals surface area contributed by atoms with Gasteiger partial charge >= 0.3 is 5.97 Å². The molecule has 0 atom stereocenters. The van der Waals surface area contributed by atoms with E-state index in [1.54, 1.807) is 0 Å². The lowest BCUT2D eigenvalue weighted by atomic mass is 10.3. The van der Waals surface area contributed by atoms with E-state index in [2.05, 4.69) is 10.2 Å². The van der Waals surface area contributed by atoms with E-state index in [9.17, 15) is 4.79 Å². The van der Waals surface area contributed by atoms with Gasteiger partial charge in [0.15, 0.2) is 0 Å². The first kappa shape index (κ1) is 13.4. The van der Waals surface area contributed by atoms with Crippen molar-refractivity contribution in [3.63, 3.8) is 0 Å². The molecule has 0 aromatic rings. The van der Waals surface area contributed by atoms with Crippen LogP contribution in [0.1, 0.15) is 19.3 Å². The topological polar surface area (TPSA) is 61.8 Å².